The third-order valence-electron chi connectivity index (χ3n) is 8.52. The zero-order valence-electron chi connectivity index (χ0n) is 25.8. The van der Waals surface area contributed by atoms with E-state index in [2.05, 4.69) is 77.5 Å². The number of benzene rings is 1. The van der Waals surface area contributed by atoms with Gasteiger partial charge in [-0.15, -0.1) is 0 Å². The second-order valence-corrected chi connectivity index (χ2v) is 14.9. The summed E-state index contributed by atoms with van der Waals surface area (Å²) in [5, 5.41) is 26.6. The van der Waals surface area contributed by atoms with Crippen molar-refractivity contribution in [3.8, 4) is 17.5 Å². The number of carbonyl (C=O) groups is 2. The standard InChI is InChI=1S/C32H46N4O4/c1-29(2,3)20-13-11-19(12-14-20)25-34-26(36-35-25)24(23(18-33)27(37)38)28(39)40-32(10)16-21(30(4,5)6)15-22(17-32)31(7,8)9/h11-14,21-24H,15-17H2,1-10H3,(H,37,38)(H,34,35,36). The minimum absolute atomic E-state index is 0.00741. The highest BCUT2D eigenvalue weighted by molar-refractivity contribution is 5.86. The maximum absolute atomic E-state index is 13.8. The Balaban J connectivity index is 1.96. The molecule has 1 saturated carbocycles. The first-order valence-corrected chi connectivity index (χ1v) is 14.1. The van der Waals surface area contributed by atoms with Gasteiger partial charge in [0.2, 0.25) is 0 Å². The van der Waals surface area contributed by atoms with Crippen LogP contribution >= 0.6 is 0 Å². The first-order valence-electron chi connectivity index (χ1n) is 14.1. The van der Waals surface area contributed by atoms with Gasteiger partial charge < -0.3 is 9.84 Å². The van der Waals surface area contributed by atoms with Crippen LogP contribution in [-0.2, 0) is 19.7 Å². The van der Waals surface area contributed by atoms with E-state index in [9.17, 15) is 20.0 Å². The van der Waals surface area contributed by atoms with Crippen molar-refractivity contribution < 1.29 is 19.4 Å². The predicted molar refractivity (Wildman–Crippen MR) is 154 cm³/mol. The van der Waals surface area contributed by atoms with Crippen molar-refractivity contribution in [2.45, 2.75) is 105 Å². The van der Waals surface area contributed by atoms with E-state index >= 15 is 0 Å². The van der Waals surface area contributed by atoms with E-state index < -0.39 is 29.4 Å². The van der Waals surface area contributed by atoms with Gasteiger partial charge in [0.05, 0.1) is 6.07 Å². The van der Waals surface area contributed by atoms with E-state index in [0.717, 1.165) is 12.0 Å². The number of nitrogens with zero attached hydrogens (tertiary/aromatic N) is 3. The van der Waals surface area contributed by atoms with Crippen LogP contribution in [0.15, 0.2) is 24.3 Å². The second-order valence-electron chi connectivity index (χ2n) is 14.9. The molecule has 1 fully saturated rings. The molecule has 0 bridgehead atoms. The number of ether oxygens (including phenoxy) is 1. The lowest BCUT2D eigenvalue weighted by Crippen LogP contribution is -2.47. The highest BCUT2D eigenvalue weighted by Crippen LogP contribution is 2.51. The minimum atomic E-state index is -1.68. The third-order valence-corrected chi connectivity index (χ3v) is 8.52. The van der Waals surface area contributed by atoms with Gasteiger partial charge in [0.25, 0.3) is 0 Å². The second kappa shape index (κ2) is 11.0. The predicted octanol–water partition coefficient (Wildman–Crippen LogP) is 6.89. The van der Waals surface area contributed by atoms with Crippen LogP contribution in [0.25, 0.3) is 11.4 Å². The van der Waals surface area contributed by atoms with E-state index in [0.29, 0.717) is 36.1 Å². The van der Waals surface area contributed by atoms with Crippen molar-refractivity contribution >= 4 is 11.9 Å². The average Bonchev–Trinajstić information content (AvgIpc) is 3.29. The lowest BCUT2D eigenvalue weighted by Gasteiger charge is -2.50. The molecule has 2 aromatic rings. The highest BCUT2D eigenvalue weighted by Gasteiger charge is 2.49. The van der Waals surface area contributed by atoms with Gasteiger partial charge in [0.15, 0.2) is 11.7 Å². The topological polar surface area (TPSA) is 129 Å². The molecule has 1 aliphatic rings. The lowest BCUT2D eigenvalue weighted by molar-refractivity contribution is -0.174. The van der Waals surface area contributed by atoms with Gasteiger partial charge in [0, 0.05) is 5.56 Å². The Morgan fingerprint density at radius 3 is 1.98 bits per heavy atom. The highest BCUT2D eigenvalue weighted by atomic mass is 16.6. The molecule has 8 nitrogen and oxygen atoms in total. The molecule has 4 atom stereocenters. The largest absolute Gasteiger partial charge is 0.480 e. The first-order chi connectivity index (χ1) is 18.2. The molecule has 0 saturated heterocycles. The monoisotopic (exact) mass is 550 g/mol. The number of aromatic amines is 1. The molecule has 0 aliphatic heterocycles. The SMILES string of the molecule is CC1(OC(=O)C(c2nc(-c3ccc(C(C)(C)C)cc3)n[nH]2)C(C#N)C(=O)O)CC(C(C)(C)C)CC(C(C)(C)C)C1. The van der Waals surface area contributed by atoms with Crippen LogP contribution in [0, 0.1) is 39.9 Å². The van der Waals surface area contributed by atoms with Gasteiger partial charge in [-0.3, -0.25) is 14.7 Å². The number of hydrogen-bond acceptors (Lipinski definition) is 6. The fourth-order valence-corrected chi connectivity index (χ4v) is 5.68. The van der Waals surface area contributed by atoms with E-state index in [1.807, 2.05) is 31.2 Å². The van der Waals surface area contributed by atoms with Crippen LogP contribution in [0.5, 0.6) is 0 Å². The zero-order valence-corrected chi connectivity index (χ0v) is 25.8. The summed E-state index contributed by atoms with van der Waals surface area (Å²) in [6.07, 6.45) is 2.35. The fraction of sp³-hybridized carbons (Fsp3) is 0.656. The smallest absolute Gasteiger partial charge is 0.322 e. The van der Waals surface area contributed by atoms with Crippen molar-refractivity contribution in [3.63, 3.8) is 0 Å². The van der Waals surface area contributed by atoms with Crippen LogP contribution in [-0.4, -0.2) is 37.8 Å². The van der Waals surface area contributed by atoms with E-state index in [1.54, 1.807) is 6.07 Å². The zero-order chi connectivity index (χ0) is 30.3. The number of aliphatic carboxylic acids is 1. The third kappa shape index (κ3) is 7.10. The lowest BCUT2D eigenvalue weighted by atomic mass is 9.59. The van der Waals surface area contributed by atoms with E-state index in [1.165, 1.54) is 0 Å². The molecule has 1 aliphatic carbocycles. The number of nitriles is 1. The van der Waals surface area contributed by atoms with Gasteiger partial charge in [-0.25, -0.2) is 4.98 Å². The van der Waals surface area contributed by atoms with E-state index in [4.69, 9.17) is 4.74 Å². The van der Waals surface area contributed by atoms with Gasteiger partial charge in [-0.2, -0.15) is 10.4 Å². The maximum atomic E-state index is 13.8. The quantitative estimate of drug-likeness (QED) is 0.375. The number of nitrogens with one attached hydrogen (secondary N) is 1. The summed E-state index contributed by atoms with van der Waals surface area (Å²) in [5.74, 6) is -4.37. The Labute approximate surface area is 238 Å². The van der Waals surface area contributed by atoms with Crippen LogP contribution < -0.4 is 0 Å². The van der Waals surface area contributed by atoms with Crippen LogP contribution in [0.4, 0.5) is 0 Å². The summed E-state index contributed by atoms with van der Waals surface area (Å²) in [4.78, 5) is 30.4. The van der Waals surface area contributed by atoms with Gasteiger partial charge in [-0.1, -0.05) is 86.6 Å². The number of carboxylic acids is 1. The Morgan fingerprint density at radius 1 is 1.02 bits per heavy atom. The molecule has 2 N–H and O–H groups in total. The van der Waals surface area contributed by atoms with E-state index in [-0.39, 0.29) is 22.1 Å². The molecule has 8 heteroatoms. The molecule has 1 heterocycles. The summed E-state index contributed by atoms with van der Waals surface area (Å²) < 4.78 is 6.21. The number of esters is 1. The number of hydrogen-bond donors (Lipinski definition) is 2. The van der Waals surface area contributed by atoms with Crippen LogP contribution in [0.1, 0.15) is 106 Å². The van der Waals surface area contributed by atoms with Crippen molar-refractivity contribution in [3.05, 3.63) is 35.7 Å². The molecule has 40 heavy (non-hydrogen) atoms. The molecule has 1 aromatic heterocycles. The number of carboxylic acid groups (broad SMARTS) is 1. The number of rotatable bonds is 6. The summed E-state index contributed by atoms with van der Waals surface area (Å²) in [5.41, 5.74) is 1.05. The summed E-state index contributed by atoms with van der Waals surface area (Å²) >= 11 is 0. The molecular formula is C32H46N4O4. The Morgan fingerprint density at radius 2 is 1.55 bits per heavy atom. The summed E-state index contributed by atoms with van der Waals surface area (Å²) in [6.45, 7) is 21.5. The Hall–Kier alpha value is -3.21. The van der Waals surface area contributed by atoms with Crippen molar-refractivity contribution in [2.24, 2.45) is 28.6 Å². The van der Waals surface area contributed by atoms with Gasteiger partial charge in [-0.05, 0) is 59.8 Å². The molecule has 218 valence electrons. The maximum Gasteiger partial charge on any atom is 0.322 e. The molecule has 1 aromatic carbocycles. The summed E-state index contributed by atoms with van der Waals surface area (Å²) in [6, 6.07) is 9.55. The van der Waals surface area contributed by atoms with Crippen molar-refractivity contribution in [1.29, 1.82) is 5.26 Å². The first kappa shape index (κ1) is 31.3. The average molecular weight is 551 g/mol. The van der Waals surface area contributed by atoms with Crippen LogP contribution in [0.2, 0.25) is 0 Å². The molecule has 3 rings (SSSR count). The fourth-order valence-electron chi connectivity index (χ4n) is 5.68. The Kier molecular flexibility index (Phi) is 8.60. The number of H-pyrrole nitrogens is 1. The molecular weight excluding hydrogens is 504 g/mol. The van der Waals surface area contributed by atoms with Gasteiger partial charge in [0.1, 0.15) is 17.3 Å². The van der Waals surface area contributed by atoms with Crippen LogP contribution in [0.3, 0.4) is 0 Å². The number of carbonyl (C=O) groups excluding carboxylic acids is 1. The molecule has 4 unspecified atom stereocenters. The molecule has 0 radical (unpaired) electrons. The summed E-state index contributed by atoms with van der Waals surface area (Å²) in [7, 11) is 0. The van der Waals surface area contributed by atoms with Gasteiger partial charge >= 0.3 is 11.9 Å². The molecule has 0 amide bonds. The molecule has 0 spiro atoms. The van der Waals surface area contributed by atoms with Crippen molar-refractivity contribution in [1.82, 2.24) is 15.2 Å². The minimum Gasteiger partial charge on any atom is -0.480 e. The normalized spacial score (nSPS) is 23.6. The number of aromatic nitrogens is 3. The Bertz CT molecular complexity index is 1230. The van der Waals surface area contributed by atoms with Crippen molar-refractivity contribution in [2.75, 3.05) is 0 Å².